The summed E-state index contributed by atoms with van der Waals surface area (Å²) in [6.45, 7) is 2.20. The molecule has 0 bridgehead atoms. The molecule has 0 saturated heterocycles. The Morgan fingerprint density at radius 1 is 1.38 bits per heavy atom. The standard InChI is InChI=1S/C5H14N2.Li/c1-6-4-5-7(2)3;/h6H,4-5H2,1-3H3;. The summed E-state index contributed by atoms with van der Waals surface area (Å²) in [4.78, 5) is 2.15. The van der Waals surface area contributed by atoms with Crippen molar-refractivity contribution in [2.75, 3.05) is 34.2 Å². The molecule has 1 N–H and O–H groups in total. The van der Waals surface area contributed by atoms with Gasteiger partial charge in [0.2, 0.25) is 0 Å². The molecule has 0 saturated carbocycles. The van der Waals surface area contributed by atoms with Crippen LogP contribution >= 0.6 is 0 Å². The van der Waals surface area contributed by atoms with Crippen LogP contribution in [0.4, 0.5) is 0 Å². The molecule has 0 aliphatic rings. The molecule has 0 aliphatic heterocycles. The van der Waals surface area contributed by atoms with Crippen LogP contribution in [0, 0.1) is 0 Å². The first-order chi connectivity index (χ1) is 3.27. The molecule has 0 rings (SSSR count). The molecule has 0 unspecified atom stereocenters. The first kappa shape index (κ1) is 11.3. The minimum Gasteiger partial charge on any atom is -0.318 e. The van der Waals surface area contributed by atoms with Crippen LogP contribution in [0.15, 0.2) is 0 Å². The second kappa shape index (κ2) is 7.52. The predicted molar refractivity (Wildman–Crippen MR) is 38.2 cm³/mol. The third-order valence-corrected chi connectivity index (χ3v) is 0.809. The van der Waals surface area contributed by atoms with Gasteiger partial charge in [-0.3, -0.25) is 0 Å². The average Bonchev–Trinajstić information content (AvgIpc) is 1.61. The van der Waals surface area contributed by atoms with Gasteiger partial charge in [-0.05, 0) is 21.1 Å². The number of likely N-dealkylation sites (N-methyl/N-ethyl adjacent to an activating group) is 2. The minimum atomic E-state index is 0. The molecule has 45 valence electrons. The second-order valence-corrected chi connectivity index (χ2v) is 1.91. The zero-order valence-corrected chi connectivity index (χ0v) is 6.36. The largest absolute Gasteiger partial charge is 0.318 e. The van der Waals surface area contributed by atoms with Crippen molar-refractivity contribution in [2.24, 2.45) is 0 Å². The van der Waals surface area contributed by atoms with Crippen molar-refractivity contribution in [3.8, 4) is 0 Å². The van der Waals surface area contributed by atoms with E-state index in [9.17, 15) is 0 Å². The van der Waals surface area contributed by atoms with E-state index < -0.39 is 0 Å². The van der Waals surface area contributed by atoms with Gasteiger partial charge in [-0.2, -0.15) is 0 Å². The number of hydrogen-bond donors (Lipinski definition) is 1. The Kier molecular flexibility index (Phi) is 10.6. The van der Waals surface area contributed by atoms with Crippen LogP contribution in [-0.2, 0) is 0 Å². The van der Waals surface area contributed by atoms with Gasteiger partial charge in [0, 0.05) is 32.0 Å². The second-order valence-electron chi connectivity index (χ2n) is 1.91. The molecule has 0 heterocycles. The number of hydrogen-bond acceptors (Lipinski definition) is 2. The van der Waals surface area contributed by atoms with E-state index in [0.717, 1.165) is 13.1 Å². The first-order valence-corrected chi connectivity index (χ1v) is 2.56. The Hall–Kier alpha value is 0.517. The Balaban J connectivity index is 0. The fraction of sp³-hybridized carbons (Fsp3) is 1.00. The van der Waals surface area contributed by atoms with Crippen LogP contribution < -0.4 is 5.32 Å². The predicted octanol–water partition coefficient (Wildman–Crippen LogP) is -0.613. The van der Waals surface area contributed by atoms with E-state index >= 15 is 0 Å². The molecule has 0 aromatic carbocycles. The molecule has 0 amide bonds. The Bertz CT molecular complexity index is 39.4. The van der Waals surface area contributed by atoms with Crippen molar-refractivity contribution >= 4 is 18.9 Å². The SMILES string of the molecule is CNCCN(C)C.[Li]. The Morgan fingerprint density at radius 2 is 1.88 bits per heavy atom. The normalized spacial score (nSPS) is 9.00. The quantitative estimate of drug-likeness (QED) is 0.486. The minimum absolute atomic E-state index is 0. The molecular weight excluding hydrogens is 95.0 g/mol. The molecule has 0 aliphatic carbocycles. The average molecular weight is 109 g/mol. The van der Waals surface area contributed by atoms with E-state index in [2.05, 4.69) is 24.3 Å². The zero-order valence-electron chi connectivity index (χ0n) is 6.36. The van der Waals surface area contributed by atoms with E-state index in [1.807, 2.05) is 7.05 Å². The maximum absolute atomic E-state index is 3.06. The van der Waals surface area contributed by atoms with E-state index in [-0.39, 0.29) is 18.9 Å². The third-order valence-electron chi connectivity index (χ3n) is 0.809. The molecule has 1 radical (unpaired) electrons. The van der Waals surface area contributed by atoms with Crippen molar-refractivity contribution in [1.29, 1.82) is 0 Å². The van der Waals surface area contributed by atoms with Gasteiger partial charge in [-0.1, -0.05) is 0 Å². The molecule has 0 atom stereocenters. The van der Waals surface area contributed by atoms with E-state index in [0.29, 0.717) is 0 Å². The van der Waals surface area contributed by atoms with Gasteiger partial charge in [0.15, 0.2) is 0 Å². The van der Waals surface area contributed by atoms with Gasteiger partial charge in [0.05, 0.1) is 0 Å². The molecule has 0 spiro atoms. The summed E-state index contributed by atoms with van der Waals surface area (Å²) < 4.78 is 0. The number of nitrogens with zero attached hydrogens (tertiary/aromatic N) is 1. The van der Waals surface area contributed by atoms with E-state index in [1.165, 1.54) is 0 Å². The molecule has 2 nitrogen and oxygen atoms in total. The van der Waals surface area contributed by atoms with Crippen LogP contribution in [0.25, 0.3) is 0 Å². The van der Waals surface area contributed by atoms with Crippen molar-refractivity contribution in [3.63, 3.8) is 0 Å². The van der Waals surface area contributed by atoms with Crippen molar-refractivity contribution in [1.82, 2.24) is 10.2 Å². The smallest absolute Gasteiger partial charge is 0.0101 e. The number of nitrogens with one attached hydrogen (secondary N) is 1. The van der Waals surface area contributed by atoms with Crippen LogP contribution in [0.3, 0.4) is 0 Å². The number of rotatable bonds is 3. The Labute approximate surface area is 63.8 Å². The maximum atomic E-state index is 3.06. The fourth-order valence-electron chi connectivity index (χ4n) is 0.335. The third kappa shape index (κ3) is 9.72. The fourth-order valence-corrected chi connectivity index (χ4v) is 0.335. The summed E-state index contributed by atoms with van der Waals surface area (Å²) in [6, 6.07) is 0. The summed E-state index contributed by atoms with van der Waals surface area (Å²) in [5.74, 6) is 0. The van der Waals surface area contributed by atoms with Crippen molar-refractivity contribution in [2.45, 2.75) is 0 Å². The summed E-state index contributed by atoms with van der Waals surface area (Å²) in [6.07, 6.45) is 0. The molecule has 3 heteroatoms. The van der Waals surface area contributed by atoms with E-state index in [1.54, 1.807) is 0 Å². The van der Waals surface area contributed by atoms with Crippen LogP contribution in [0.5, 0.6) is 0 Å². The van der Waals surface area contributed by atoms with Gasteiger partial charge in [-0.15, -0.1) is 0 Å². The first-order valence-electron chi connectivity index (χ1n) is 2.56. The summed E-state index contributed by atoms with van der Waals surface area (Å²) in [5, 5.41) is 3.06. The molecule has 0 fully saturated rings. The summed E-state index contributed by atoms with van der Waals surface area (Å²) in [5.41, 5.74) is 0. The van der Waals surface area contributed by atoms with Crippen molar-refractivity contribution in [3.05, 3.63) is 0 Å². The van der Waals surface area contributed by atoms with Crippen LogP contribution in [-0.4, -0.2) is 58.0 Å². The summed E-state index contributed by atoms with van der Waals surface area (Å²) in [7, 11) is 6.10. The molecule has 0 aromatic rings. The molecule has 0 aromatic heterocycles. The van der Waals surface area contributed by atoms with Crippen LogP contribution in [0.1, 0.15) is 0 Å². The topological polar surface area (TPSA) is 15.3 Å². The van der Waals surface area contributed by atoms with Gasteiger partial charge in [-0.25, -0.2) is 0 Å². The van der Waals surface area contributed by atoms with Gasteiger partial charge >= 0.3 is 0 Å². The van der Waals surface area contributed by atoms with Crippen LogP contribution in [0.2, 0.25) is 0 Å². The van der Waals surface area contributed by atoms with Gasteiger partial charge < -0.3 is 10.2 Å². The van der Waals surface area contributed by atoms with E-state index in [4.69, 9.17) is 0 Å². The monoisotopic (exact) mass is 109 g/mol. The Morgan fingerprint density at radius 3 is 2.00 bits per heavy atom. The summed E-state index contributed by atoms with van der Waals surface area (Å²) >= 11 is 0. The van der Waals surface area contributed by atoms with Gasteiger partial charge in [0.25, 0.3) is 0 Å². The van der Waals surface area contributed by atoms with Crippen molar-refractivity contribution < 1.29 is 0 Å². The maximum Gasteiger partial charge on any atom is 0.0101 e. The van der Waals surface area contributed by atoms with Gasteiger partial charge in [0.1, 0.15) is 0 Å². The zero-order chi connectivity index (χ0) is 5.70. The molecular formula is C5H14LiN2. The molecule has 8 heavy (non-hydrogen) atoms.